The molecule has 0 aliphatic carbocycles. The van der Waals surface area contributed by atoms with Crippen LogP contribution in [-0.4, -0.2) is 37.7 Å². The average molecular weight is 291 g/mol. The molecule has 0 amide bonds. The number of carbonyl (C=O) groups excluding carboxylic acids is 2. The Morgan fingerprint density at radius 1 is 1.24 bits per heavy atom. The van der Waals surface area contributed by atoms with Gasteiger partial charge in [0.15, 0.2) is 6.10 Å². The third kappa shape index (κ3) is 3.05. The molecule has 0 saturated carbocycles. The van der Waals surface area contributed by atoms with Crippen LogP contribution in [0.1, 0.15) is 29.1 Å². The van der Waals surface area contributed by atoms with Gasteiger partial charge in [0, 0.05) is 18.0 Å². The smallest absolute Gasteiger partial charge is 0.354 e. The first-order valence-corrected chi connectivity index (χ1v) is 6.51. The zero-order valence-corrected chi connectivity index (χ0v) is 12.1. The maximum Gasteiger partial charge on any atom is 0.354 e. The molecule has 2 aromatic rings. The van der Waals surface area contributed by atoms with Crippen LogP contribution in [0, 0.1) is 0 Å². The van der Waals surface area contributed by atoms with Crippen molar-refractivity contribution >= 4 is 22.8 Å². The predicted octanol–water partition coefficient (Wildman–Crippen LogP) is 2.21. The monoisotopic (exact) mass is 291 g/mol. The van der Waals surface area contributed by atoms with Gasteiger partial charge in [0.25, 0.3) is 0 Å². The Morgan fingerprint density at radius 2 is 2.00 bits per heavy atom. The van der Waals surface area contributed by atoms with Crippen molar-refractivity contribution in [2.24, 2.45) is 0 Å². The van der Waals surface area contributed by atoms with E-state index < -0.39 is 18.0 Å². The summed E-state index contributed by atoms with van der Waals surface area (Å²) in [6.07, 6.45) is -0.791. The van der Waals surface area contributed by atoms with E-state index in [1.54, 1.807) is 31.2 Å². The highest BCUT2D eigenvalue weighted by molar-refractivity contribution is 5.95. The lowest BCUT2D eigenvalue weighted by molar-refractivity contribution is -0.152. The molecule has 6 nitrogen and oxygen atoms in total. The third-order valence-electron chi connectivity index (χ3n) is 3.09. The molecule has 0 bridgehead atoms. The Morgan fingerprint density at radius 3 is 2.62 bits per heavy atom. The van der Waals surface area contributed by atoms with E-state index in [9.17, 15) is 9.59 Å². The van der Waals surface area contributed by atoms with Gasteiger partial charge < -0.3 is 19.2 Å². The number of fused-ring (bicyclic) bond motifs is 1. The number of ether oxygens (including phenoxy) is 3. The van der Waals surface area contributed by atoms with Gasteiger partial charge in [-0.3, -0.25) is 0 Å². The van der Waals surface area contributed by atoms with Crippen LogP contribution >= 0.6 is 0 Å². The SMILES string of the molecule is CCOC(=O)c1cc2cc(C(OC)C(=O)OC)ccc2[nH]1. The van der Waals surface area contributed by atoms with Crippen molar-refractivity contribution < 1.29 is 23.8 Å². The Kier molecular flexibility index (Phi) is 4.59. The van der Waals surface area contributed by atoms with Crippen LogP contribution in [0.2, 0.25) is 0 Å². The van der Waals surface area contributed by atoms with E-state index in [1.165, 1.54) is 14.2 Å². The fourth-order valence-corrected chi connectivity index (χ4v) is 2.11. The quantitative estimate of drug-likeness (QED) is 0.854. The summed E-state index contributed by atoms with van der Waals surface area (Å²) >= 11 is 0. The number of aromatic amines is 1. The number of aromatic nitrogens is 1. The summed E-state index contributed by atoms with van der Waals surface area (Å²) in [5, 5.41) is 0.793. The lowest BCUT2D eigenvalue weighted by Gasteiger charge is -2.13. The molecule has 112 valence electrons. The minimum atomic E-state index is -0.791. The molecule has 1 N–H and O–H groups in total. The molecular weight excluding hydrogens is 274 g/mol. The first-order valence-electron chi connectivity index (χ1n) is 6.51. The molecule has 6 heteroatoms. The zero-order chi connectivity index (χ0) is 15.4. The minimum Gasteiger partial charge on any atom is -0.467 e. The number of nitrogens with one attached hydrogen (secondary N) is 1. The molecule has 0 fully saturated rings. The van der Waals surface area contributed by atoms with Gasteiger partial charge in [-0.15, -0.1) is 0 Å². The van der Waals surface area contributed by atoms with Crippen molar-refractivity contribution in [1.82, 2.24) is 4.98 Å². The molecule has 1 atom stereocenters. The van der Waals surface area contributed by atoms with Crippen molar-refractivity contribution in [3.63, 3.8) is 0 Å². The standard InChI is InChI=1S/C15H17NO5/c1-4-21-14(17)12-8-10-7-9(5-6-11(10)16-12)13(19-2)15(18)20-3/h5-8,13,16H,4H2,1-3H3. The zero-order valence-electron chi connectivity index (χ0n) is 12.1. The van der Waals surface area contributed by atoms with Gasteiger partial charge in [0.1, 0.15) is 5.69 Å². The van der Waals surface area contributed by atoms with Gasteiger partial charge in [-0.05, 0) is 30.7 Å². The largest absolute Gasteiger partial charge is 0.467 e. The normalized spacial score (nSPS) is 12.1. The predicted molar refractivity (Wildman–Crippen MR) is 76.0 cm³/mol. The molecule has 0 radical (unpaired) electrons. The maximum absolute atomic E-state index is 11.7. The maximum atomic E-state index is 11.7. The van der Waals surface area contributed by atoms with Crippen LogP contribution in [0.5, 0.6) is 0 Å². The molecule has 1 heterocycles. The molecule has 1 aromatic carbocycles. The van der Waals surface area contributed by atoms with E-state index in [-0.39, 0.29) is 0 Å². The Balaban J connectivity index is 2.37. The summed E-state index contributed by atoms with van der Waals surface area (Å²) in [4.78, 5) is 26.3. The summed E-state index contributed by atoms with van der Waals surface area (Å²) in [6.45, 7) is 2.06. The summed E-state index contributed by atoms with van der Waals surface area (Å²) < 4.78 is 14.8. The summed E-state index contributed by atoms with van der Waals surface area (Å²) in [7, 11) is 2.75. The lowest BCUT2D eigenvalue weighted by Crippen LogP contribution is -2.15. The second-order valence-corrected chi connectivity index (χ2v) is 4.39. The summed E-state index contributed by atoms with van der Waals surface area (Å²) in [6, 6.07) is 6.99. The number of hydrogen-bond donors (Lipinski definition) is 1. The van der Waals surface area contributed by atoms with Gasteiger partial charge in [-0.25, -0.2) is 9.59 Å². The van der Waals surface area contributed by atoms with Gasteiger partial charge in [0.2, 0.25) is 0 Å². The number of rotatable bonds is 5. The van der Waals surface area contributed by atoms with Crippen molar-refractivity contribution in [2.45, 2.75) is 13.0 Å². The lowest BCUT2D eigenvalue weighted by atomic mass is 10.1. The minimum absolute atomic E-state index is 0.313. The molecule has 0 spiro atoms. The van der Waals surface area contributed by atoms with Crippen LogP contribution in [0.3, 0.4) is 0 Å². The molecule has 1 aromatic heterocycles. The van der Waals surface area contributed by atoms with E-state index in [0.717, 1.165) is 10.9 Å². The third-order valence-corrected chi connectivity index (χ3v) is 3.09. The summed E-state index contributed by atoms with van der Waals surface area (Å²) in [5.74, 6) is -0.885. The second kappa shape index (κ2) is 6.41. The number of H-pyrrole nitrogens is 1. The Hall–Kier alpha value is -2.34. The molecule has 0 aliphatic rings. The first-order chi connectivity index (χ1) is 10.1. The van der Waals surface area contributed by atoms with Crippen molar-refractivity contribution in [1.29, 1.82) is 0 Å². The molecule has 1 unspecified atom stereocenters. The van der Waals surface area contributed by atoms with Crippen LogP contribution in [-0.2, 0) is 19.0 Å². The van der Waals surface area contributed by atoms with Gasteiger partial charge in [-0.2, -0.15) is 0 Å². The fraction of sp³-hybridized carbons (Fsp3) is 0.333. The van der Waals surface area contributed by atoms with E-state index >= 15 is 0 Å². The molecule has 0 saturated heterocycles. The van der Waals surface area contributed by atoms with Gasteiger partial charge in [0.05, 0.1) is 13.7 Å². The second-order valence-electron chi connectivity index (χ2n) is 4.39. The number of hydrogen-bond acceptors (Lipinski definition) is 5. The number of benzene rings is 1. The van der Waals surface area contributed by atoms with Crippen molar-refractivity contribution in [3.8, 4) is 0 Å². The van der Waals surface area contributed by atoms with Gasteiger partial charge >= 0.3 is 11.9 Å². The van der Waals surface area contributed by atoms with Crippen LogP contribution in [0.15, 0.2) is 24.3 Å². The average Bonchev–Trinajstić information content (AvgIpc) is 2.91. The topological polar surface area (TPSA) is 77.6 Å². The highest BCUT2D eigenvalue weighted by Gasteiger charge is 2.21. The van der Waals surface area contributed by atoms with Crippen LogP contribution < -0.4 is 0 Å². The van der Waals surface area contributed by atoms with Crippen molar-refractivity contribution in [3.05, 3.63) is 35.5 Å². The number of carbonyl (C=O) groups is 2. The molecule has 2 rings (SSSR count). The highest BCUT2D eigenvalue weighted by atomic mass is 16.6. The first kappa shape index (κ1) is 15.1. The van der Waals surface area contributed by atoms with Gasteiger partial charge in [-0.1, -0.05) is 6.07 Å². The fourth-order valence-electron chi connectivity index (χ4n) is 2.11. The van der Waals surface area contributed by atoms with E-state index in [4.69, 9.17) is 14.2 Å². The van der Waals surface area contributed by atoms with Crippen LogP contribution in [0.4, 0.5) is 0 Å². The summed E-state index contributed by atoms with van der Waals surface area (Å²) in [5.41, 5.74) is 1.81. The molecular formula is C15H17NO5. The Labute approximate surface area is 122 Å². The highest BCUT2D eigenvalue weighted by Crippen LogP contribution is 2.24. The Bertz CT molecular complexity index is 661. The number of methoxy groups -OCH3 is 2. The van der Waals surface area contributed by atoms with E-state index in [1.807, 2.05) is 0 Å². The number of esters is 2. The van der Waals surface area contributed by atoms with E-state index in [0.29, 0.717) is 17.9 Å². The van der Waals surface area contributed by atoms with Crippen molar-refractivity contribution in [2.75, 3.05) is 20.8 Å². The van der Waals surface area contributed by atoms with Crippen LogP contribution in [0.25, 0.3) is 10.9 Å². The molecule has 0 aliphatic heterocycles. The van der Waals surface area contributed by atoms with E-state index in [2.05, 4.69) is 4.98 Å². The molecule has 21 heavy (non-hydrogen) atoms.